The second-order valence-corrected chi connectivity index (χ2v) is 7.48. The van der Waals surface area contributed by atoms with Crippen LogP contribution in [0.15, 0.2) is 43.6 Å². The van der Waals surface area contributed by atoms with E-state index in [1.54, 1.807) is 12.1 Å². The molecule has 0 aliphatic carbocycles. The minimum Gasteiger partial charge on any atom is -0.382 e. The standard InChI is InChI=1S/C12H11N7O3S2/c1-6-2-4-7(5-3-6)16-17-8-9(13)19-11(15-10(8)20)23-12(18-19)24(14,21)22/h2-5H,13H2,1H3,(H2,14,21,22). The van der Waals surface area contributed by atoms with Gasteiger partial charge in [0.15, 0.2) is 11.5 Å². The van der Waals surface area contributed by atoms with Gasteiger partial charge in [0, 0.05) is 0 Å². The molecule has 24 heavy (non-hydrogen) atoms. The van der Waals surface area contributed by atoms with E-state index in [1.807, 2.05) is 19.1 Å². The number of primary sulfonamides is 1. The normalized spacial score (nSPS) is 12.2. The van der Waals surface area contributed by atoms with Crippen LogP contribution < -0.4 is 16.4 Å². The predicted octanol–water partition coefficient (Wildman–Crippen LogP) is 1.10. The molecule has 0 fully saturated rings. The maximum absolute atomic E-state index is 12.0. The van der Waals surface area contributed by atoms with E-state index in [1.165, 1.54) is 0 Å². The number of nitrogens with zero attached hydrogens (tertiary/aromatic N) is 5. The van der Waals surface area contributed by atoms with Gasteiger partial charge in [-0.15, -0.1) is 10.2 Å². The summed E-state index contributed by atoms with van der Waals surface area (Å²) in [6.07, 6.45) is 0. The minimum atomic E-state index is -4.03. The molecule has 0 bridgehead atoms. The van der Waals surface area contributed by atoms with Crippen molar-refractivity contribution in [1.82, 2.24) is 14.6 Å². The number of aryl methyl sites for hydroxylation is 1. The molecule has 0 saturated heterocycles. The zero-order chi connectivity index (χ0) is 17.5. The van der Waals surface area contributed by atoms with Gasteiger partial charge in [-0.1, -0.05) is 29.0 Å². The third kappa shape index (κ3) is 3.02. The van der Waals surface area contributed by atoms with Crippen molar-refractivity contribution < 1.29 is 8.42 Å². The van der Waals surface area contributed by atoms with Crippen LogP contribution in [-0.4, -0.2) is 23.0 Å². The number of rotatable bonds is 3. The molecule has 0 spiro atoms. The number of fused-ring (bicyclic) bond motifs is 1. The Kier molecular flexibility index (Phi) is 3.87. The van der Waals surface area contributed by atoms with Crippen LogP contribution >= 0.6 is 11.3 Å². The smallest absolute Gasteiger partial charge is 0.304 e. The average molecular weight is 365 g/mol. The molecule has 124 valence electrons. The molecule has 0 aliphatic heterocycles. The maximum Gasteiger partial charge on any atom is 0.304 e. The van der Waals surface area contributed by atoms with E-state index in [-0.39, 0.29) is 16.5 Å². The molecular formula is C12H11N7O3S2. The number of benzene rings is 1. The van der Waals surface area contributed by atoms with Crippen LogP contribution in [0.25, 0.3) is 4.96 Å². The van der Waals surface area contributed by atoms with Gasteiger partial charge in [-0.2, -0.15) is 14.6 Å². The van der Waals surface area contributed by atoms with Crippen LogP contribution in [0, 0.1) is 6.92 Å². The number of azo groups is 1. The maximum atomic E-state index is 12.0. The zero-order valence-electron chi connectivity index (χ0n) is 12.2. The fourth-order valence-corrected chi connectivity index (χ4v) is 3.29. The monoisotopic (exact) mass is 365 g/mol. The molecule has 0 unspecified atom stereocenters. The van der Waals surface area contributed by atoms with Crippen molar-refractivity contribution in [3.63, 3.8) is 0 Å². The van der Waals surface area contributed by atoms with Gasteiger partial charge in [0.2, 0.25) is 9.30 Å². The van der Waals surface area contributed by atoms with Crippen LogP contribution in [0.3, 0.4) is 0 Å². The molecule has 0 amide bonds. The summed E-state index contributed by atoms with van der Waals surface area (Å²) in [5, 5.41) is 16.5. The summed E-state index contributed by atoms with van der Waals surface area (Å²) in [6.45, 7) is 1.93. The second kappa shape index (κ2) is 5.74. The summed E-state index contributed by atoms with van der Waals surface area (Å²) in [7, 11) is -4.03. The Morgan fingerprint density at radius 1 is 1.21 bits per heavy atom. The van der Waals surface area contributed by atoms with Crippen LogP contribution in [0.1, 0.15) is 5.56 Å². The summed E-state index contributed by atoms with van der Waals surface area (Å²) < 4.78 is 23.3. The Hall–Kier alpha value is -2.70. The first-order valence-electron chi connectivity index (χ1n) is 6.46. The highest BCUT2D eigenvalue weighted by molar-refractivity contribution is 7.91. The molecule has 12 heteroatoms. The van der Waals surface area contributed by atoms with Crippen LogP contribution in [0.2, 0.25) is 0 Å². The van der Waals surface area contributed by atoms with Gasteiger partial charge in [-0.25, -0.2) is 13.6 Å². The van der Waals surface area contributed by atoms with Crippen molar-refractivity contribution in [3.8, 4) is 0 Å². The summed E-state index contributed by atoms with van der Waals surface area (Å²) in [5.41, 5.74) is 6.43. The molecule has 0 saturated carbocycles. The Labute approximate surface area is 139 Å². The molecule has 0 aliphatic rings. The number of nitrogen functional groups attached to an aromatic ring is 1. The largest absolute Gasteiger partial charge is 0.382 e. The molecule has 2 aromatic heterocycles. The number of hydrogen-bond acceptors (Lipinski definition) is 9. The van der Waals surface area contributed by atoms with Gasteiger partial charge in [-0.05, 0) is 19.1 Å². The van der Waals surface area contributed by atoms with E-state index in [2.05, 4.69) is 20.3 Å². The van der Waals surface area contributed by atoms with Crippen molar-refractivity contribution in [2.24, 2.45) is 15.4 Å². The highest BCUT2D eigenvalue weighted by atomic mass is 32.2. The summed E-state index contributed by atoms with van der Waals surface area (Å²) in [5.74, 6) is -0.174. The van der Waals surface area contributed by atoms with Gasteiger partial charge in [0.1, 0.15) is 0 Å². The number of hydrogen-bond donors (Lipinski definition) is 2. The zero-order valence-corrected chi connectivity index (χ0v) is 13.9. The van der Waals surface area contributed by atoms with Gasteiger partial charge in [-0.3, -0.25) is 4.79 Å². The summed E-state index contributed by atoms with van der Waals surface area (Å²) >= 11 is 0.633. The number of aromatic nitrogens is 3. The van der Waals surface area contributed by atoms with Crippen molar-refractivity contribution in [2.45, 2.75) is 11.3 Å². The quantitative estimate of drug-likeness (QED) is 0.661. The van der Waals surface area contributed by atoms with Crippen LogP contribution in [-0.2, 0) is 10.0 Å². The lowest BCUT2D eigenvalue weighted by molar-refractivity contribution is 0.595. The van der Waals surface area contributed by atoms with Crippen molar-refractivity contribution in [1.29, 1.82) is 0 Å². The van der Waals surface area contributed by atoms with Gasteiger partial charge < -0.3 is 5.73 Å². The molecule has 0 atom stereocenters. The van der Waals surface area contributed by atoms with E-state index in [9.17, 15) is 13.2 Å². The fourth-order valence-electron chi connectivity index (χ4n) is 1.77. The fraction of sp³-hybridized carbons (Fsp3) is 0.0833. The molecule has 10 nitrogen and oxygen atoms in total. The molecule has 3 aromatic rings. The van der Waals surface area contributed by atoms with E-state index < -0.39 is 19.9 Å². The topological polar surface area (TPSA) is 158 Å². The third-order valence-corrected chi connectivity index (χ3v) is 5.17. The Morgan fingerprint density at radius 2 is 1.88 bits per heavy atom. The first-order valence-corrected chi connectivity index (χ1v) is 8.82. The summed E-state index contributed by atoms with van der Waals surface area (Å²) in [6, 6.07) is 7.12. The molecule has 2 heterocycles. The van der Waals surface area contributed by atoms with Gasteiger partial charge in [0.25, 0.3) is 10.0 Å². The Balaban J connectivity index is 2.11. The number of sulfonamides is 1. The molecule has 4 N–H and O–H groups in total. The predicted molar refractivity (Wildman–Crippen MR) is 88.3 cm³/mol. The molecule has 3 rings (SSSR count). The van der Waals surface area contributed by atoms with Crippen molar-refractivity contribution in [2.75, 3.05) is 5.73 Å². The Morgan fingerprint density at radius 3 is 2.50 bits per heavy atom. The number of nitrogens with two attached hydrogens (primary N) is 2. The van der Waals surface area contributed by atoms with Crippen molar-refractivity contribution >= 4 is 43.5 Å². The molecule has 1 aromatic carbocycles. The van der Waals surface area contributed by atoms with Crippen LogP contribution in [0.5, 0.6) is 0 Å². The number of anilines is 1. The SMILES string of the molecule is Cc1ccc(N=Nc2c(N)n3nc(S(N)(=O)=O)sc3nc2=O)cc1. The van der Waals surface area contributed by atoms with E-state index in [4.69, 9.17) is 10.9 Å². The third-order valence-electron chi connectivity index (χ3n) is 2.95. The first kappa shape index (κ1) is 16.2. The second-order valence-electron chi connectivity index (χ2n) is 4.79. The minimum absolute atomic E-state index is 0.00388. The highest BCUT2D eigenvalue weighted by Gasteiger charge is 2.19. The lowest BCUT2D eigenvalue weighted by atomic mass is 10.2. The Bertz CT molecular complexity index is 1110. The lowest BCUT2D eigenvalue weighted by Gasteiger charge is -1.99. The molecule has 0 radical (unpaired) electrons. The van der Waals surface area contributed by atoms with E-state index in [0.717, 1.165) is 10.1 Å². The van der Waals surface area contributed by atoms with Crippen LogP contribution in [0.4, 0.5) is 17.2 Å². The first-order chi connectivity index (χ1) is 11.3. The lowest BCUT2D eigenvalue weighted by Crippen LogP contribution is -2.14. The van der Waals surface area contributed by atoms with Gasteiger partial charge in [0.05, 0.1) is 5.69 Å². The summed E-state index contributed by atoms with van der Waals surface area (Å²) in [4.78, 5) is 15.7. The van der Waals surface area contributed by atoms with E-state index >= 15 is 0 Å². The molecular weight excluding hydrogens is 354 g/mol. The highest BCUT2D eigenvalue weighted by Crippen LogP contribution is 2.24. The van der Waals surface area contributed by atoms with Crippen molar-refractivity contribution in [3.05, 3.63) is 40.2 Å². The van der Waals surface area contributed by atoms with E-state index in [0.29, 0.717) is 17.0 Å². The van der Waals surface area contributed by atoms with Gasteiger partial charge >= 0.3 is 5.56 Å². The average Bonchev–Trinajstić information content (AvgIpc) is 2.93.